The number of benzene rings is 1. The summed E-state index contributed by atoms with van der Waals surface area (Å²) in [7, 11) is -3.67. The van der Waals surface area contributed by atoms with E-state index < -0.39 is 10.0 Å². The first-order chi connectivity index (χ1) is 9.97. The number of para-hydroxylation sites is 1. The van der Waals surface area contributed by atoms with Crippen molar-refractivity contribution in [2.24, 2.45) is 0 Å². The highest BCUT2D eigenvalue weighted by Gasteiger charge is 2.20. The molecule has 0 fully saturated rings. The standard InChI is InChI=1S/C14H18BrN3O2S/c1-3-8-18-10-14(16-11(18)2)21(19,20)17-13-7-5-4-6-12(13)9-15/h4-7,10,17H,3,8-9H2,1-2H3. The number of anilines is 1. The zero-order valence-corrected chi connectivity index (χ0v) is 14.4. The van der Waals surface area contributed by atoms with Gasteiger partial charge >= 0.3 is 0 Å². The van der Waals surface area contributed by atoms with Crippen LogP contribution in [0.2, 0.25) is 0 Å². The van der Waals surface area contributed by atoms with E-state index in [4.69, 9.17) is 0 Å². The molecule has 5 nitrogen and oxygen atoms in total. The lowest BCUT2D eigenvalue weighted by Gasteiger charge is -2.09. The van der Waals surface area contributed by atoms with Crippen LogP contribution in [0.5, 0.6) is 0 Å². The molecule has 0 unspecified atom stereocenters. The number of aromatic nitrogens is 2. The monoisotopic (exact) mass is 371 g/mol. The Labute approximate surface area is 133 Å². The smallest absolute Gasteiger partial charge is 0.280 e. The quantitative estimate of drug-likeness (QED) is 0.792. The van der Waals surface area contributed by atoms with Crippen molar-refractivity contribution in [1.29, 1.82) is 0 Å². The summed E-state index contributed by atoms with van der Waals surface area (Å²) in [6.07, 6.45) is 2.51. The molecule has 0 aliphatic carbocycles. The van der Waals surface area contributed by atoms with Crippen LogP contribution in [0.1, 0.15) is 24.7 Å². The molecular weight excluding hydrogens is 354 g/mol. The van der Waals surface area contributed by atoms with Crippen LogP contribution in [0.4, 0.5) is 5.69 Å². The van der Waals surface area contributed by atoms with Gasteiger partial charge < -0.3 is 4.57 Å². The summed E-state index contributed by atoms with van der Waals surface area (Å²) >= 11 is 3.35. The maximum atomic E-state index is 12.4. The van der Waals surface area contributed by atoms with Crippen LogP contribution in [-0.2, 0) is 21.9 Å². The highest BCUT2D eigenvalue weighted by molar-refractivity contribution is 9.08. The van der Waals surface area contributed by atoms with Crippen molar-refractivity contribution in [3.63, 3.8) is 0 Å². The van der Waals surface area contributed by atoms with Gasteiger partial charge in [-0.3, -0.25) is 4.72 Å². The Bertz CT molecular complexity index is 726. The number of rotatable bonds is 6. The average molecular weight is 372 g/mol. The molecule has 0 aliphatic heterocycles. The van der Waals surface area contributed by atoms with Gasteiger partial charge in [-0.1, -0.05) is 41.1 Å². The van der Waals surface area contributed by atoms with E-state index >= 15 is 0 Å². The van der Waals surface area contributed by atoms with Gasteiger partial charge in [-0.05, 0) is 25.0 Å². The van der Waals surface area contributed by atoms with Crippen molar-refractivity contribution in [2.75, 3.05) is 4.72 Å². The Kier molecular flexibility index (Phi) is 5.05. The second-order valence-corrected chi connectivity index (χ2v) is 6.91. The molecule has 2 aromatic rings. The van der Waals surface area contributed by atoms with E-state index in [0.717, 1.165) is 18.5 Å². The van der Waals surface area contributed by atoms with Gasteiger partial charge in [-0.25, -0.2) is 4.98 Å². The number of halogens is 1. The molecule has 21 heavy (non-hydrogen) atoms. The molecule has 2 rings (SSSR count). The number of nitrogens with one attached hydrogen (secondary N) is 1. The third-order valence-corrected chi connectivity index (χ3v) is 4.94. The molecule has 1 aromatic carbocycles. The van der Waals surface area contributed by atoms with E-state index in [0.29, 0.717) is 16.8 Å². The van der Waals surface area contributed by atoms with Crippen molar-refractivity contribution in [2.45, 2.75) is 37.2 Å². The molecule has 0 saturated heterocycles. The molecular formula is C14H18BrN3O2S. The topological polar surface area (TPSA) is 64.0 Å². The van der Waals surface area contributed by atoms with Crippen LogP contribution in [0.15, 0.2) is 35.5 Å². The maximum absolute atomic E-state index is 12.4. The fourth-order valence-corrected chi connectivity index (χ4v) is 3.61. The predicted molar refractivity (Wildman–Crippen MR) is 87.1 cm³/mol. The van der Waals surface area contributed by atoms with Crippen molar-refractivity contribution >= 4 is 31.6 Å². The fourth-order valence-electron chi connectivity index (χ4n) is 2.01. The molecule has 1 N–H and O–H groups in total. The summed E-state index contributed by atoms with van der Waals surface area (Å²) in [5.74, 6) is 0.700. The van der Waals surface area contributed by atoms with Crippen molar-refractivity contribution in [1.82, 2.24) is 9.55 Å². The summed E-state index contributed by atoms with van der Waals surface area (Å²) < 4.78 is 29.3. The highest BCUT2D eigenvalue weighted by Crippen LogP contribution is 2.21. The third kappa shape index (κ3) is 3.65. The SMILES string of the molecule is CCCn1cc(S(=O)(=O)Nc2ccccc2CBr)nc1C. The zero-order valence-electron chi connectivity index (χ0n) is 12.0. The Balaban J connectivity index is 2.32. The molecule has 7 heteroatoms. The summed E-state index contributed by atoms with van der Waals surface area (Å²) in [5.41, 5.74) is 1.45. The van der Waals surface area contributed by atoms with E-state index in [2.05, 4.69) is 25.6 Å². The molecule has 0 saturated carbocycles. The first kappa shape index (κ1) is 16.0. The van der Waals surface area contributed by atoms with Gasteiger partial charge in [0.15, 0.2) is 5.03 Å². The van der Waals surface area contributed by atoms with Crippen molar-refractivity contribution < 1.29 is 8.42 Å². The normalized spacial score (nSPS) is 11.6. The lowest BCUT2D eigenvalue weighted by atomic mass is 10.2. The van der Waals surface area contributed by atoms with Crippen LogP contribution in [0.3, 0.4) is 0 Å². The van der Waals surface area contributed by atoms with Gasteiger partial charge in [0.2, 0.25) is 0 Å². The van der Waals surface area contributed by atoms with Gasteiger partial charge in [0.05, 0.1) is 5.69 Å². The fraction of sp³-hybridized carbons (Fsp3) is 0.357. The first-order valence-corrected chi connectivity index (χ1v) is 9.29. The summed E-state index contributed by atoms with van der Waals surface area (Å²) in [6, 6.07) is 7.27. The first-order valence-electron chi connectivity index (χ1n) is 6.68. The van der Waals surface area contributed by atoms with E-state index in [9.17, 15) is 8.42 Å². The van der Waals surface area contributed by atoms with Crippen molar-refractivity contribution in [3.8, 4) is 0 Å². The van der Waals surface area contributed by atoms with Gasteiger partial charge in [0.1, 0.15) is 5.82 Å². The maximum Gasteiger partial charge on any atom is 0.280 e. The predicted octanol–water partition coefficient (Wildman–Crippen LogP) is 3.30. The molecule has 0 bridgehead atoms. The van der Waals surface area contributed by atoms with E-state index in [1.165, 1.54) is 0 Å². The summed E-state index contributed by atoms with van der Waals surface area (Å²) in [5, 5.41) is 0.632. The van der Waals surface area contributed by atoms with Crippen LogP contribution in [-0.4, -0.2) is 18.0 Å². The molecule has 0 radical (unpaired) electrons. The van der Waals surface area contributed by atoms with Gasteiger partial charge in [-0.15, -0.1) is 0 Å². The number of nitrogens with zero attached hydrogens (tertiary/aromatic N) is 2. The number of hydrogen-bond acceptors (Lipinski definition) is 3. The van der Waals surface area contributed by atoms with Gasteiger partial charge in [0.25, 0.3) is 10.0 Å². The average Bonchev–Trinajstić information content (AvgIpc) is 2.82. The lowest BCUT2D eigenvalue weighted by molar-refractivity contribution is 0.597. The van der Waals surface area contributed by atoms with Gasteiger partial charge in [0, 0.05) is 18.1 Å². The number of alkyl halides is 1. The highest BCUT2D eigenvalue weighted by atomic mass is 79.9. The lowest BCUT2D eigenvalue weighted by Crippen LogP contribution is -2.14. The summed E-state index contributed by atoms with van der Waals surface area (Å²) in [4.78, 5) is 4.15. The second kappa shape index (κ2) is 6.62. The van der Waals surface area contributed by atoms with E-state index in [1.807, 2.05) is 23.6 Å². The second-order valence-electron chi connectivity index (χ2n) is 4.72. The van der Waals surface area contributed by atoms with Crippen LogP contribution in [0, 0.1) is 6.92 Å². The minimum atomic E-state index is -3.67. The molecule has 0 atom stereocenters. The van der Waals surface area contributed by atoms with Crippen LogP contribution in [0.25, 0.3) is 0 Å². The molecule has 114 valence electrons. The summed E-state index contributed by atoms with van der Waals surface area (Å²) in [6.45, 7) is 4.60. The van der Waals surface area contributed by atoms with E-state index in [-0.39, 0.29) is 5.03 Å². The minimum Gasteiger partial charge on any atom is -0.334 e. The largest absolute Gasteiger partial charge is 0.334 e. The Morgan fingerprint density at radius 2 is 2.05 bits per heavy atom. The number of hydrogen-bond donors (Lipinski definition) is 1. The van der Waals surface area contributed by atoms with Crippen LogP contribution < -0.4 is 4.72 Å². The third-order valence-electron chi connectivity index (χ3n) is 3.10. The molecule has 0 aliphatic rings. The zero-order chi connectivity index (χ0) is 15.5. The molecule has 1 aromatic heterocycles. The minimum absolute atomic E-state index is 0.0535. The van der Waals surface area contributed by atoms with E-state index in [1.54, 1.807) is 25.3 Å². The number of imidazole rings is 1. The molecule has 1 heterocycles. The van der Waals surface area contributed by atoms with Gasteiger partial charge in [-0.2, -0.15) is 8.42 Å². The molecule has 0 amide bonds. The Morgan fingerprint density at radius 1 is 1.33 bits per heavy atom. The number of aryl methyl sites for hydroxylation is 2. The molecule has 0 spiro atoms. The van der Waals surface area contributed by atoms with Crippen molar-refractivity contribution in [3.05, 3.63) is 41.9 Å². The number of sulfonamides is 1. The van der Waals surface area contributed by atoms with Crippen LogP contribution >= 0.6 is 15.9 Å². The Morgan fingerprint density at radius 3 is 2.71 bits per heavy atom. The Hall–Kier alpha value is -1.34.